The first-order chi connectivity index (χ1) is 14.2. The third kappa shape index (κ3) is 3.48. The summed E-state index contributed by atoms with van der Waals surface area (Å²) in [5.74, 6) is 1.80. The summed E-state index contributed by atoms with van der Waals surface area (Å²) in [5.41, 5.74) is 3.47. The van der Waals surface area contributed by atoms with Gasteiger partial charge >= 0.3 is 0 Å². The molecule has 0 radical (unpaired) electrons. The largest absolute Gasteiger partial charge is 0.478 e. The molecule has 0 bridgehead atoms. The van der Waals surface area contributed by atoms with Gasteiger partial charge in [-0.15, -0.1) is 11.3 Å². The first-order valence-corrected chi connectivity index (χ1v) is 10.6. The number of carbonyl (C=O) groups is 1. The second-order valence-corrected chi connectivity index (χ2v) is 8.41. The Kier molecular flexibility index (Phi) is 4.70. The molecule has 146 valence electrons. The zero-order chi connectivity index (χ0) is 19.8. The minimum atomic E-state index is -0.0557. The molecule has 3 heterocycles. The summed E-state index contributed by atoms with van der Waals surface area (Å²) in [7, 11) is 0. The van der Waals surface area contributed by atoms with Crippen LogP contribution in [0.15, 0.2) is 59.7 Å². The van der Waals surface area contributed by atoms with Crippen molar-refractivity contribution < 1.29 is 14.3 Å². The van der Waals surface area contributed by atoms with Gasteiger partial charge in [-0.05, 0) is 48.1 Å². The van der Waals surface area contributed by atoms with Gasteiger partial charge in [0.2, 0.25) is 5.78 Å². The number of thiophene rings is 1. The molecule has 29 heavy (non-hydrogen) atoms. The molecule has 3 aromatic rings. The van der Waals surface area contributed by atoms with Crippen LogP contribution >= 0.6 is 11.3 Å². The van der Waals surface area contributed by atoms with Crippen molar-refractivity contribution >= 4 is 23.2 Å². The molecule has 0 spiro atoms. The van der Waals surface area contributed by atoms with E-state index in [4.69, 9.17) is 9.47 Å². The average Bonchev–Trinajstić information content (AvgIpc) is 3.36. The number of rotatable bonds is 4. The molecular weight excluding hydrogens is 382 g/mol. The standard InChI is InChI=1S/C24H21NO3S/c1-16-12-20-19(14-25(15-27-20)10-9-18-8-5-11-29-18)24-22(16)23(26)21(28-24)13-17-6-3-2-4-7-17/h2-8,11-13H,9-10,14-15H2,1H3/b21-13-. The molecule has 0 unspecified atom stereocenters. The van der Waals surface area contributed by atoms with Crippen molar-refractivity contribution in [1.82, 2.24) is 4.90 Å². The van der Waals surface area contributed by atoms with Gasteiger partial charge in [-0.1, -0.05) is 36.4 Å². The molecule has 0 aliphatic carbocycles. The van der Waals surface area contributed by atoms with E-state index in [9.17, 15) is 4.79 Å². The van der Waals surface area contributed by atoms with Crippen molar-refractivity contribution in [1.29, 1.82) is 0 Å². The minimum absolute atomic E-state index is 0.0557. The molecule has 4 nitrogen and oxygen atoms in total. The number of fused-ring (bicyclic) bond motifs is 3. The monoisotopic (exact) mass is 403 g/mol. The number of benzene rings is 2. The maximum absolute atomic E-state index is 13.0. The van der Waals surface area contributed by atoms with E-state index >= 15 is 0 Å². The Labute approximate surface area is 174 Å². The minimum Gasteiger partial charge on any atom is -0.478 e. The van der Waals surface area contributed by atoms with Crippen LogP contribution in [0, 0.1) is 6.92 Å². The zero-order valence-corrected chi connectivity index (χ0v) is 17.0. The fraction of sp³-hybridized carbons (Fsp3) is 0.208. The summed E-state index contributed by atoms with van der Waals surface area (Å²) in [5, 5.41) is 2.10. The summed E-state index contributed by atoms with van der Waals surface area (Å²) in [6.07, 6.45) is 2.80. The second kappa shape index (κ2) is 7.50. The highest BCUT2D eigenvalue weighted by molar-refractivity contribution is 7.09. The van der Waals surface area contributed by atoms with E-state index in [0.717, 1.165) is 42.0 Å². The van der Waals surface area contributed by atoms with Gasteiger partial charge in [-0.3, -0.25) is 9.69 Å². The lowest BCUT2D eigenvalue weighted by Crippen LogP contribution is -2.33. The number of ether oxygens (including phenoxy) is 2. The number of ketones is 1. The predicted octanol–water partition coefficient (Wildman–Crippen LogP) is 5.07. The van der Waals surface area contributed by atoms with Crippen LogP contribution in [-0.4, -0.2) is 24.0 Å². The molecule has 5 rings (SSSR count). The molecule has 0 amide bonds. The molecule has 0 atom stereocenters. The number of nitrogens with zero attached hydrogens (tertiary/aromatic N) is 1. The van der Waals surface area contributed by atoms with E-state index in [2.05, 4.69) is 22.4 Å². The number of allylic oxidation sites excluding steroid dienone is 1. The molecule has 1 aromatic heterocycles. The second-order valence-electron chi connectivity index (χ2n) is 7.38. The van der Waals surface area contributed by atoms with Crippen molar-refractivity contribution in [3.8, 4) is 11.5 Å². The fourth-order valence-corrected chi connectivity index (χ4v) is 4.54. The van der Waals surface area contributed by atoms with Gasteiger partial charge in [-0.25, -0.2) is 0 Å². The van der Waals surface area contributed by atoms with Crippen molar-refractivity contribution in [3.63, 3.8) is 0 Å². The fourth-order valence-electron chi connectivity index (χ4n) is 3.84. The molecular formula is C24H21NO3S. The van der Waals surface area contributed by atoms with Gasteiger partial charge in [0.1, 0.15) is 18.2 Å². The zero-order valence-electron chi connectivity index (χ0n) is 16.2. The molecule has 0 fully saturated rings. The smallest absolute Gasteiger partial charge is 0.232 e. The highest BCUT2D eigenvalue weighted by Crippen LogP contribution is 2.44. The van der Waals surface area contributed by atoms with Crippen LogP contribution in [0.4, 0.5) is 0 Å². The van der Waals surface area contributed by atoms with Crippen LogP contribution in [0.3, 0.4) is 0 Å². The highest BCUT2D eigenvalue weighted by atomic mass is 32.1. The third-order valence-corrected chi connectivity index (χ3v) is 6.28. The van der Waals surface area contributed by atoms with Crippen molar-refractivity contribution in [2.75, 3.05) is 13.3 Å². The number of carbonyl (C=O) groups excluding carboxylic acids is 1. The van der Waals surface area contributed by atoms with Gasteiger partial charge in [0, 0.05) is 18.0 Å². The first kappa shape index (κ1) is 18.2. The molecule has 0 saturated heterocycles. The van der Waals surface area contributed by atoms with Crippen LogP contribution in [0.1, 0.15) is 31.9 Å². The van der Waals surface area contributed by atoms with E-state index < -0.39 is 0 Å². The molecule has 5 heteroatoms. The highest BCUT2D eigenvalue weighted by Gasteiger charge is 2.35. The number of aryl methyl sites for hydroxylation is 1. The first-order valence-electron chi connectivity index (χ1n) is 9.72. The Morgan fingerprint density at radius 2 is 2.03 bits per heavy atom. The Balaban J connectivity index is 1.43. The van der Waals surface area contributed by atoms with Crippen molar-refractivity contribution in [3.05, 3.63) is 86.8 Å². The maximum atomic E-state index is 13.0. The van der Waals surface area contributed by atoms with Crippen LogP contribution in [0.2, 0.25) is 0 Å². The summed E-state index contributed by atoms with van der Waals surface area (Å²) < 4.78 is 12.1. The Hall–Kier alpha value is -2.89. The average molecular weight is 404 g/mol. The van der Waals surface area contributed by atoms with Gasteiger partial charge in [0.15, 0.2) is 5.76 Å². The van der Waals surface area contributed by atoms with Gasteiger partial charge < -0.3 is 9.47 Å². The van der Waals surface area contributed by atoms with E-state index in [1.807, 2.05) is 49.4 Å². The lowest BCUT2D eigenvalue weighted by Gasteiger charge is -2.30. The summed E-state index contributed by atoms with van der Waals surface area (Å²) >= 11 is 1.78. The SMILES string of the molecule is Cc1cc2c(c3c1C(=O)/C(=C/c1ccccc1)O3)CN(CCc1cccs1)CO2. The Morgan fingerprint density at radius 3 is 2.83 bits per heavy atom. The summed E-state index contributed by atoms with van der Waals surface area (Å²) in [4.78, 5) is 16.6. The van der Waals surface area contributed by atoms with E-state index in [1.165, 1.54) is 4.88 Å². The predicted molar refractivity (Wildman–Crippen MR) is 114 cm³/mol. The molecule has 0 saturated carbocycles. The lowest BCUT2D eigenvalue weighted by molar-refractivity contribution is 0.0951. The van der Waals surface area contributed by atoms with Crippen molar-refractivity contribution in [2.24, 2.45) is 0 Å². The normalized spacial score (nSPS) is 17.0. The van der Waals surface area contributed by atoms with Gasteiger partial charge in [-0.2, -0.15) is 0 Å². The number of hydrogen-bond acceptors (Lipinski definition) is 5. The molecule has 2 aromatic carbocycles. The topological polar surface area (TPSA) is 38.8 Å². The third-order valence-electron chi connectivity index (χ3n) is 5.34. The maximum Gasteiger partial charge on any atom is 0.232 e. The van der Waals surface area contributed by atoms with Crippen LogP contribution in [-0.2, 0) is 13.0 Å². The summed E-state index contributed by atoms with van der Waals surface area (Å²) in [6.45, 7) is 4.12. The Morgan fingerprint density at radius 1 is 1.17 bits per heavy atom. The van der Waals surface area contributed by atoms with Gasteiger partial charge in [0.05, 0.1) is 11.1 Å². The number of hydrogen-bond donors (Lipinski definition) is 0. The molecule has 0 N–H and O–H groups in total. The lowest BCUT2D eigenvalue weighted by atomic mass is 9.98. The van der Waals surface area contributed by atoms with E-state index in [0.29, 0.717) is 23.8 Å². The quantitative estimate of drug-likeness (QED) is 0.570. The molecule has 2 aliphatic rings. The van der Waals surface area contributed by atoms with Crippen LogP contribution < -0.4 is 9.47 Å². The molecule has 2 aliphatic heterocycles. The van der Waals surface area contributed by atoms with Crippen molar-refractivity contribution in [2.45, 2.75) is 19.9 Å². The van der Waals surface area contributed by atoms with Crippen LogP contribution in [0.5, 0.6) is 11.5 Å². The Bertz CT molecular complexity index is 1090. The summed E-state index contributed by atoms with van der Waals surface area (Å²) in [6, 6.07) is 16.0. The van der Waals surface area contributed by atoms with E-state index in [1.54, 1.807) is 11.3 Å². The van der Waals surface area contributed by atoms with Gasteiger partial charge in [0.25, 0.3) is 0 Å². The van der Waals surface area contributed by atoms with E-state index in [-0.39, 0.29) is 5.78 Å². The van der Waals surface area contributed by atoms with Crippen LogP contribution in [0.25, 0.3) is 6.08 Å². The number of Topliss-reactive ketones (excluding diaryl/α,β-unsaturated/α-hetero) is 1.